The van der Waals surface area contributed by atoms with E-state index in [1.165, 1.54) is 25.2 Å². The SMILES string of the molecule is O=C(NCCCN1CCCC[C@@H]1CO)c1cccc(-c2ccncc2F)c1. The first kappa shape index (κ1) is 19.5. The summed E-state index contributed by atoms with van der Waals surface area (Å²) >= 11 is 0. The lowest BCUT2D eigenvalue weighted by Crippen LogP contribution is -2.43. The molecule has 1 aromatic carbocycles. The van der Waals surface area contributed by atoms with E-state index in [9.17, 15) is 14.3 Å². The van der Waals surface area contributed by atoms with Crippen molar-refractivity contribution in [1.82, 2.24) is 15.2 Å². The maximum atomic E-state index is 13.9. The summed E-state index contributed by atoms with van der Waals surface area (Å²) < 4.78 is 13.9. The Balaban J connectivity index is 1.53. The summed E-state index contributed by atoms with van der Waals surface area (Å²) in [5.41, 5.74) is 1.59. The number of aliphatic hydroxyl groups is 1. The largest absolute Gasteiger partial charge is 0.395 e. The third-order valence-corrected chi connectivity index (χ3v) is 5.08. The highest BCUT2D eigenvalue weighted by Crippen LogP contribution is 2.22. The van der Waals surface area contributed by atoms with E-state index in [1.54, 1.807) is 30.3 Å². The molecule has 1 fully saturated rings. The predicted molar refractivity (Wildman–Crippen MR) is 103 cm³/mol. The molecule has 2 N–H and O–H groups in total. The Morgan fingerprint density at radius 2 is 2.22 bits per heavy atom. The van der Waals surface area contributed by atoms with Crippen LogP contribution in [0.3, 0.4) is 0 Å². The average molecular weight is 371 g/mol. The van der Waals surface area contributed by atoms with Crippen LogP contribution in [0.15, 0.2) is 42.7 Å². The van der Waals surface area contributed by atoms with Crippen molar-refractivity contribution in [3.8, 4) is 11.1 Å². The fourth-order valence-electron chi connectivity index (χ4n) is 3.58. The number of aliphatic hydroxyl groups excluding tert-OH is 1. The molecular weight excluding hydrogens is 345 g/mol. The number of carbonyl (C=O) groups excluding carboxylic acids is 1. The molecule has 1 aromatic heterocycles. The van der Waals surface area contributed by atoms with Crippen LogP contribution >= 0.6 is 0 Å². The standard InChI is InChI=1S/C21H26FN3O2/c22-20-14-23-10-8-19(20)16-5-3-6-17(13-16)21(27)24-9-4-12-25-11-2-1-7-18(25)15-26/h3,5-6,8,10,13-14,18,26H,1-2,4,7,9,11-12,15H2,(H,24,27)/t18-/m1/s1. The molecular formula is C21H26FN3O2. The van der Waals surface area contributed by atoms with Crippen molar-refractivity contribution < 1.29 is 14.3 Å². The van der Waals surface area contributed by atoms with Gasteiger partial charge < -0.3 is 10.4 Å². The van der Waals surface area contributed by atoms with Gasteiger partial charge in [-0.25, -0.2) is 4.39 Å². The number of hydrogen-bond donors (Lipinski definition) is 2. The molecule has 3 rings (SSSR count). The van der Waals surface area contributed by atoms with Crippen LogP contribution in [0, 0.1) is 5.82 Å². The molecule has 0 unspecified atom stereocenters. The quantitative estimate of drug-likeness (QED) is 0.735. The second-order valence-electron chi connectivity index (χ2n) is 6.91. The molecule has 0 saturated carbocycles. The Labute approximate surface area is 159 Å². The molecule has 2 aromatic rings. The lowest BCUT2D eigenvalue weighted by atomic mass is 10.0. The summed E-state index contributed by atoms with van der Waals surface area (Å²) in [6.45, 7) is 2.65. The summed E-state index contributed by atoms with van der Waals surface area (Å²) in [4.78, 5) is 18.5. The number of nitrogens with one attached hydrogen (secondary N) is 1. The third kappa shape index (κ3) is 5.11. The highest BCUT2D eigenvalue weighted by Gasteiger charge is 2.20. The second kappa shape index (κ2) is 9.58. The zero-order valence-electron chi connectivity index (χ0n) is 15.4. The summed E-state index contributed by atoms with van der Waals surface area (Å²) in [5, 5.41) is 12.4. The van der Waals surface area contributed by atoms with Gasteiger partial charge in [0.2, 0.25) is 0 Å². The van der Waals surface area contributed by atoms with Gasteiger partial charge in [0.15, 0.2) is 0 Å². The normalized spacial score (nSPS) is 17.6. The van der Waals surface area contributed by atoms with Crippen molar-refractivity contribution in [1.29, 1.82) is 0 Å². The Morgan fingerprint density at radius 1 is 1.33 bits per heavy atom. The van der Waals surface area contributed by atoms with Gasteiger partial charge in [-0.1, -0.05) is 18.6 Å². The van der Waals surface area contributed by atoms with Crippen molar-refractivity contribution in [2.45, 2.75) is 31.7 Å². The Hall–Kier alpha value is -2.31. The fourth-order valence-corrected chi connectivity index (χ4v) is 3.58. The molecule has 1 saturated heterocycles. The maximum Gasteiger partial charge on any atom is 0.251 e. The predicted octanol–water partition coefficient (Wildman–Crippen LogP) is 2.85. The smallest absolute Gasteiger partial charge is 0.251 e. The van der Waals surface area contributed by atoms with Gasteiger partial charge in [-0.15, -0.1) is 0 Å². The van der Waals surface area contributed by atoms with Crippen molar-refractivity contribution in [2.75, 3.05) is 26.2 Å². The third-order valence-electron chi connectivity index (χ3n) is 5.08. The van der Waals surface area contributed by atoms with Crippen molar-refractivity contribution >= 4 is 5.91 Å². The molecule has 5 nitrogen and oxygen atoms in total. The number of piperidine rings is 1. The minimum absolute atomic E-state index is 0.163. The number of amides is 1. The topological polar surface area (TPSA) is 65.5 Å². The van der Waals surface area contributed by atoms with Gasteiger partial charge >= 0.3 is 0 Å². The van der Waals surface area contributed by atoms with Crippen LogP contribution in [0.4, 0.5) is 4.39 Å². The van der Waals surface area contributed by atoms with Gasteiger partial charge in [0.1, 0.15) is 5.82 Å². The Morgan fingerprint density at radius 3 is 3.04 bits per heavy atom. The summed E-state index contributed by atoms with van der Waals surface area (Å²) in [7, 11) is 0. The van der Waals surface area contributed by atoms with E-state index in [0.717, 1.165) is 25.9 Å². The zero-order chi connectivity index (χ0) is 19.1. The zero-order valence-corrected chi connectivity index (χ0v) is 15.4. The van der Waals surface area contributed by atoms with Crippen LogP contribution in [0.1, 0.15) is 36.0 Å². The molecule has 1 aliphatic heterocycles. The minimum atomic E-state index is -0.407. The molecule has 27 heavy (non-hydrogen) atoms. The highest BCUT2D eigenvalue weighted by molar-refractivity contribution is 5.95. The first-order chi connectivity index (χ1) is 13.2. The Bertz CT molecular complexity index is 769. The van der Waals surface area contributed by atoms with Crippen molar-refractivity contribution in [2.24, 2.45) is 0 Å². The number of likely N-dealkylation sites (tertiary alicyclic amines) is 1. The van der Waals surface area contributed by atoms with Crippen LogP contribution in [0.5, 0.6) is 0 Å². The highest BCUT2D eigenvalue weighted by atomic mass is 19.1. The van der Waals surface area contributed by atoms with E-state index in [0.29, 0.717) is 23.2 Å². The number of benzene rings is 1. The van der Waals surface area contributed by atoms with Crippen LogP contribution in [0.25, 0.3) is 11.1 Å². The molecule has 1 amide bonds. The minimum Gasteiger partial charge on any atom is -0.395 e. The van der Waals surface area contributed by atoms with Crippen LogP contribution in [0.2, 0.25) is 0 Å². The fraction of sp³-hybridized carbons (Fsp3) is 0.429. The average Bonchev–Trinajstić information content (AvgIpc) is 2.71. The van der Waals surface area contributed by atoms with Crippen LogP contribution < -0.4 is 5.32 Å². The van der Waals surface area contributed by atoms with E-state index in [2.05, 4.69) is 15.2 Å². The molecule has 0 radical (unpaired) electrons. The van der Waals surface area contributed by atoms with Crippen LogP contribution in [-0.2, 0) is 0 Å². The number of hydrogen-bond acceptors (Lipinski definition) is 4. The number of carbonyl (C=O) groups is 1. The first-order valence-corrected chi connectivity index (χ1v) is 9.52. The van der Waals surface area contributed by atoms with E-state index in [4.69, 9.17) is 0 Å². The van der Waals surface area contributed by atoms with Gasteiger partial charge in [0.25, 0.3) is 5.91 Å². The lowest BCUT2D eigenvalue weighted by molar-refractivity contribution is 0.0868. The molecule has 6 heteroatoms. The Kier molecular flexibility index (Phi) is 6.90. The van der Waals surface area contributed by atoms with Gasteiger partial charge in [0, 0.05) is 36.5 Å². The molecule has 0 aliphatic carbocycles. The van der Waals surface area contributed by atoms with Gasteiger partial charge in [-0.2, -0.15) is 0 Å². The maximum absolute atomic E-state index is 13.9. The number of rotatable bonds is 7. The summed E-state index contributed by atoms with van der Waals surface area (Å²) in [6, 6.07) is 8.80. The van der Waals surface area contributed by atoms with Crippen molar-refractivity contribution in [3.05, 3.63) is 54.1 Å². The molecule has 0 bridgehead atoms. The molecule has 1 aliphatic rings. The van der Waals surface area contributed by atoms with E-state index >= 15 is 0 Å². The van der Waals surface area contributed by atoms with Gasteiger partial charge in [0.05, 0.1) is 12.8 Å². The van der Waals surface area contributed by atoms with E-state index < -0.39 is 5.82 Å². The molecule has 144 valence electrons. The van der Waals surface area contributed by atoms with E-state index in [1.807, 2.05) is 0 Å². The molecule has 0 spiro atoms. The summed E-state index contributed by atoms with van der Waals surface area (Å²) in [6.07, 6.45) is 6.92. The van der Waals surface area contributed by atoms with Gasteiger partial charge in [-0.3, -0.25) is 14.7 Å². The lowest BCUT2D eigenvalue weighted by Gasteiger charge is -2.34. The monoisotopic (exact) mass is 371 g/mol. The number of nitrogens with zero attached hydrogens (tertiary/aromatic N) is 2. The number of aromatic nitrogens is 1. The first-order valence-electron chi connectivity index (χ1n) is 9.52. The number of pyridine rings is 1. The second-order valence-corrected chi connectivity index (χ2v) is 6.91. The van der Waals surface area contributed by atoms with Crippen molar-refractivity contribution in [3.63, 3.8) is 0 Å². The number of halogens is 1. The van der Waals surface area contributed by atoms with Gasteiger partial charge in [-0.05, 0) is 49.6 Å². The molecule has 2 heterocycles. The molecule has 1 atom stereocenters. The van der Waals surface area contributed by atoms with E-state index in [-0.39, 0.29) is 18.6 Å². The van der Waals surface area contributed by atoms with Crippen LogP contribution in [-0.4, -0.2) is 53.2 Å². The summed E-state index contributed by atoms with van der Waals surface area (Å²) in [5.74, 6) is -0.571.